The Hall–Kier alpha value is -1.60. The molecule has 0 spiro atoms. The molecule has 1 fully saturated rings. The standard InChI is InChI=1S/C26H34O/c1-18(2)20-11-13-22-21(17-20)12-14-23-25(22,3)15-8-16-26(23,4)24(27)19-9-6-5-7-10-19/h5-7,9-11,13,17-18,23-24,27H,8,12,14-16H2,1-4H3/t23-,24-,25-,26-/m1/s1. The molecular weight excluding hydrogens is 328 g/mol. The predicted molar refractivity (Wildman–Crippen MR) is 113 cm³/mol. The van der Waals surface area contributed by atoms with E-state index in [9.17, 15) is 5.11 Å². The van der Waals surface area contributed by atoms with Gasteiger partial charge in [-0.1, -0.05) is 82.6 Å². The third-order valence-corrected chi connectivity index (χ3v) is 7.83. The van der Waals surface area contributed by atoms with E-state index in [0.29, 0.717) is 11.8 Å². The molecular formula is C26H34O. The van der Waals surface area contributed by atoms with E-state index < -0.39 is 0 Å². The Morgan fingerprint density at radius 2 is 1.70 bits per heavy atom. The van der Waals surface area contributed by atoms with Crippen LogP contribution in [0, 0.1) is 11.3 Å². The van der Waals surface area contributed by atoms with Crippen LogP contribution in [0.5, 0.6) is 0 Å². The van der Waals surface area contributed by atoms with E-state index in [2.05, 4.69) is 58.0 Å². The van der Waals surface area contributed by atoms with Crippen molar-refractivity contribution in [2.24, 2.45) is 11.3 Å². The summed E-state index contributed by atoms with van der Waals surface area (Å²) in [6.07, 6.45) is 5.49. The molecule has 27 heavy (non-hydrogen) atoms. The number of aliphatic hydroxyl groups excluding tert-OH is 1. The first-order valence-electron chi connectivity index (χ1n) is 10.7. The molecule has 0 aromatic heterocycles. The minimum Gasteiger partial charge on any atom is -0.388 e. The molecule has 1 N–H and O–H groups in total. The lowest BCUT2D eigenvalue weighted by Crippen LogP contribution is -2.51. The number of benzene rings is 2. The van der Waals surface area contributed by atoms with Gasteiger partial charge in [-0.3, -0.25) is 0 Å². The molecule has 0 heterocycles. The van der Waals surface area contributed by atoms with Crippen molar-refractivity contribution >= 4 is 0 Å². The fraction of sp³-hybridized carbons (Fsp3) is 0.538. The second kappa shape index (κ2) is 6.78. The normalized spacial score (nSPS) is 31.3. The third-order valence-electron chi connectivity index (χ3n) is 7.83. The lowest BCUT2D eigenvalue weighted by molar-refractivity contribution is -0.0748. The second-order valence-electron chi connectivity index (χ2n) is 9.75. The Morgan fingerprint density at radius 1 is 0.963 bits per heavy atom. The first kappa shape index (κ1) is 18.7. The number of hydrogen-bond acceptors (Lipinski definition) is 1. The topological polar surface area (TPSA) is 20.2 Å². The molecule has 0 unspecified atom stereocenters. The Morgan fingerprint density at radius 3 is 2.41 bits per heavy atom. The van der Waals surface area contributed by atoms with Gasteiger partial charge < -0.3 is 5.11 Å². The van der Waals surface area contributed by atoms with Crippen molar-refractivity contribution in [1.82, 2.24) is 0 Å². The highest BCUT2D eigenvalue weighted by Gasteiger charge is 2.54. The van der Waals surface area contributed by atoms with Crippen molar-refractivity contribution in [2.45, 2.75) is 77.2 Å². The lowest BCUT2D eigenvalue weighted by atomic mass is 9.48. The van der Waals surface area contributed by atoms with Crippen molar-refractivity contribution in [1.29, 1.82) is 0 Å². The molecule has 2 aliphatic carbocycles. The van der Waals surface area contributed by atoms with Crippen molar-refractivity contribution < 1.29 is 5.11 Å². The summed E-state index contributed by atoms with van der Waals surface area (Å²) in [6, 6.07) is 17.5. The van der Waals surface area contributed by atoms with Crippen molar-refractivity contribution in [2.75, 3.05) is 0 Å². The molecule has 1 nitrogen and oxygen atoms in total. The van der Waals surface area contributed by atoms with Gasteiger partial charge in [-0.15, -0.1) is 0 Å². The lowest BCUT2D eigenvalue weighted by Gasteiger charge is -2.57. The molecule has 0 radical (unpaired) electrons. The van der Waals surface area contributed by atoms with Gasteiger partial charge in [0.15, 0.2) is 0 Å². The van der Waals surface area contributed by atoms with E-state index in [1.165, 1.54) is 24.8 Å². The highest BCUT2D eigenvalue weighted by molar-refractivity contribution is 5.42. The van der Waals surface area contributed by atoms with E-state index in [-0.39, 0.29) is 16.9 Å². The zero-order valence-electron chi connectivity index (χ0n) is 17.3. The van der Waals surface area contributed by atoms with E-state index in [0.717, 1.165) is 18.4 Å². The van der Waals surface area contributed by atoms with Crippen LogP contribution >= 0.6 is 0 Å². The molecule has 1 saturated carbocycles. The number of aryl methyl sites for hydroxylation is 1. The number of aliphatic hydroxyl groups is 1. The largest absolute Gasteiger partial charge is 0.388 e. The van der Waals surface area contributed by atoms with Crippen LogP contribution in [0.2, 0.25) is 0 Å². The zero-order chi connectivity index (χ0) is 19.2. The summed E-state index contributed by atoms with van der Waals surface area (Å²) in [5, 5.41) is 11.4. The first-order valence-corrected chi connectivity index (χ1v) is 10.7. The van der Waals surface area contributed by atoms with E-state index in [4.69, 9.17) is 0 Å². The molecule has 0 aliphatic heterocycles. The Bertz CT molecular complexity index is 808. The van der Waals surface area contributed by atoms with Gasteiger partial charge in [0.1, 0.15) is 0 Å². The Labute approximate surface area is 164 Å². The maximum absolute atomic E-state index is 11.4. The summed E-state index contributed by atoms with van der Waals surface area (Å²) < 4.78 is 0. The fourth-order valence-corrected chi connectivity index (χ4v) is 6.26. The summed E-state index contributed by atoms with van der Waals surface area (Å²) >= 11 is 0. The van der Waals surface area contributed by atoms with Crippen LogP contribution in [0.25, 0.3) is 0 Å². The van der Waals surface area contributed by atoms with Crippen LogP contribution in [0.1, 0.15) is 87.7 Å². The molecule has 0 amide bonds. The Kier molecular flexibility index (Phi) is 4.71. The van der Waals surface area contributed by atoms with Crippen molar-refractivity contribution in [3.8, 4) is 0 Å². The summed E-state index contributed by atoms with van der Waals surface area (Å²) in [4.78, 5) is 0. The van der Waals surface area contributed by atoms with Crippen LogP contribution in [0.4, 0.5) is 0 Å². The maximum atomic E-state index is 11.4. The Balaban J connectivity index is 1.74. The summed E-state index contributed by atoms with van der Waals surface area (Å²) in [5.41, 5.74) is 5.74. The average Bonchev–Trinajstić information content (AvgIpc) is 2.67. The van der Waals surface area contributed by atoms with Crippen LogP contribution in [0.15, 0.2) is 48.5 Å². The summed E-state index contributed by atoms with van der Waals surface area (Å²) in [7, 11) is 0. The van der Waals surface area contributed by atoms with Crippen LogP contribution in [-0.2, 0) is 11.8 Å². The molecule has 1 heteroatoms. The van der Waals surface area contributed by atoms with E-state index >= 15 is 0 Å². The van der Waals surface area contributed by atoms with Gasteiger partial charge in [-0.2, -0.15) is 0 Å². The van der Waals surface area contributed by atoms with Gasteiger partial charge in [0.05, 0.1) is 6.10 Å². The fourth-order valence-electron chi connectivity index (χ4n) is 6.26. The molecule has 4 rings (SSSR count). The van der Waals surface area contributed by atoms with E-state index in [1.54, 1.807) is 11.1 Å². The minimum atomic E-state index is -0.389. The molecule has 2 aliphatic rings. The predicted octanol–water partition coefficient (Wildman–Crippen LogP) is 6.55. The monoisotopic (exact) mass is 362 g/mol. The van der Waals surface area contributed by atoms with E-state index in [1.807, 2.05) is 18.2 Å². The van der Waals surface area contributed by atoms with Gasteiger partial charge in [0, 0.05) is 5.41 Å². The molecule has 2 aromatic rings. The average molecular weight is 363 g/mol. The molecule has 2 aromatic carbocycles. The minimum absolute atomic E-state index is 0.0667. The number of fused-ring (bicyclic) bond motifs is 3. The van der Waals surface area contributed by atoms with Gasteiger partial charge in [0.2, 0.25) is 0 Å². The van der Waals surface area contributed by atoms with Crippen LogP contribution < -0.4 is 0 Å². The number of hydrogen-bond donors (Lipinski definition) is 1. The molecule has 0 saturated heterocycles. The number of rotatable bonds is 3. The van der Waals surface area contributed by atoms with Crippen LogP contribution in [0.3, 0.4) is 0 Å². The van der Waals surface area contributed by atoms with Gasteiger partial charge >= 0.3 is 0 Å². The highest BCUT2D eigenvalue weighted by Crippen LogP contribution is 2.61. The quantitative estimate of drug-likeness (QED) is 0.656. The second-order valence-corrected chi connectivity index (χ2v) is 9.75. The van der Waals surface area contributed by atoms with Crippen molar-refractivity contribution in [3.63, 3.8) is 0 Å². The summed E-state index contributed by atoms with van der Waals surface area (Å²) in [6.45, 7) is 9.38. The smallest absolute Gasteiger partial charge is 0.0846 e. The molecule has 4 atom stereocenters. The molecule has 0 bridgehead atoms. The van der Waals surface area contributed by atoms with Gasteiger partial charge in [-0.25, -0.2) is 0 Å². The SMILES string of the molecule is CC(C)c1ccc2c(c1)CC[C@H]1[C@](C)([C@H](O)c3ccccc3)CCC[C@]21C. The third kappa shape index (κ3) is 2.95. The zero-order valence-corrected chi connectivity index (χ0v) is 17.3. The first-order chi connectivity index (χ1) is 12.9. The summed E-state index contributed by atoms with van der Waals surface area (Å²) in [5.74, 6) is 1.10. The van der Waals surface area contributed by atoms with Gasteiger partial charge in [-0.05, 0) is 65.2 Å². The van der Waals surface area contributed by atoms with Crippen LogP contribution in [-0.4, -0.2) is 5.11 Å². The van der Waals surface area contributed by atoms with Gasteiger partial charge in [0.25, 0.3) is 0 Å². The highest BCUT2D eigenvalue weighted by atomic mass is 16.3. The maximum Gasteiger partial charge on any atom is 0.0846 e. The van der Waals surface area contributed by atoms with Crippen molar-refractivity contribution in [3.05, 3.63) is 70.8 Å². The molecule has 144 valence electrons.